The zero-order valence-corrected chi connectivity index (χ0v) is 15.8. The summed E-state index contributed by atoms with van der Waals surface area (Å²) in [6, 6.07) is 22.7. The Hall–Kier alpha value is -3.05. The highest BCUT2D eigenvalue weighted by atomic mass is 32.2. The number of furan rings is 1. The zero-order chi connectivity index (χ0) is 19.1. The number of amides is 2. The first-order chi connectivity index (χ1) is 13.7. The van der Waals surface area contributed by atoms with Gasteiger partial charge >= 0.3 is 0 Å². The van der Waals surface area contributed by atoms with Crippen molar-refractivity contribution in [3.63, 3.8) is 0 Å². The molecule has 138 valence electrons. The summed E-state index contributed by atoms with van der Waals surface area (Å²) in [5, 5.41) is 5.19. The third kappa shape index (κ3) is 3.18. The molecule has 28 heavy (non-hydrogen) atoms. The Morgan fingerprint density at radius 2 is 1.79 bits per heavy atom. The number of imide groups is 1. The number of carbonyl (C=O) groups is 2. The van der Waals surface area contributed by atoms with Gasteiger partial charge in [0.05, 0.1) is 5.25 Å². The van der Waals surface area contributed by atoms with Crippen LogP contribution in [-0.2, 0) is 17.6 Å². The van der Waals surface area contributed by atoms with Gasteiger partial charge in [0, 0.05) is 11.8 Å². The molecule has 3 aromatic carbocycles. The third-order valence-corrected chi connectivity index (χ3v) is 6.05. The van der Waals surface area contributed by atoms with E-state index in [0.29, 0.717) is 6.42 Å². The smallest absolute Gasteiger partial charge is 0.286 e. The topological polar surface area (TPSA) is 59.3 Å². The van der Waals surface area contributed by atoms with Gasteiger partial charge in [-0.1, -0.05) is 60.3 Å². The van der Waals surface area contributed by atoms with Gasteiger partial charge in [-0.15, -0.1) is 0 Å². The molecule has 1 aliphatic heterocycles. The highest BCUT2D eigenvalue weighted by molar-refractivity contribution is 8.15. The van der Waals surface area contributed by atoms with Crippen LogP contribution in [0.3, 0.4) is 0 Å². The van der Waals surface area contributed by atoms with Crippen LogP contribution in [-0.4, -0.2) is 16.4 Å². The van der Waals surface area contributed by atoms with Crippen LogP contribution in [0.2, 0.25) is 0 Å². The molecule has 0 saturated carbocycles. The lowest BCUT2D eigenvalue weighted by Gasteiger charge is -2.04. The minimum atomic E-state index is -0.355. The normalized spacial score (nSPS) is 16.8. The van der Waals surface area contributed by atoms with Crippen molar-refractivity contribution in [1.29, 1.82) is 0 Å². The van der Waals surface area contributed by atoms with Crippen LogP contribution in [0.15, 0.2) is 71.1 Å². The van der Waals surface area contributed by atoms with Crippen LogP contribution >= 0.6 is 11.8 Å². The fourth-order valence-electron chi connectivity index (χ4n) is 3.74. The molecule has 1 unspecified atom stereocenters. The van der Waals surface area contributed by atoms with Crippen LogP contribution in [0, 0.1) is 0 Å². The van der Waals surface area contributed by atoms with Gasteiger partial charge in [0.2, 0.25) is 5.91 Å². The number of nitrogens with one attached hydrogen (secondary N) is 1. The Labute approximate surface area is 165 Å². The fraction of sp³-hybridized carbons (Fsp3) is 0.130. The molecule has 5 rings (SSSR count). The predicted octanol–water partition coefficient (Wildman–Crippen LogP) is 5.07. The predicted molar refractivity (Wildman–Crippen MR) is 112 cm³/mol. The fourth-order valence-corrected chi connectivity index (χ4v) is 4.60. The number of thioether (sulfide) groups is 1. The minimum absolute atomic E-state index is 0.209. The SMILES string of the molecule is O=C1NC(=O)C(Cc2ccc3oc(Cc4cccc5ccccc45)cc3c2)S1. The molecule has 0 aliphatic carbocycles. The Kier molecular flexibility index (Phi) is 4.17. The third-order valence-electron chi connectivity index (χ3n) is 5.06. The van der Waals surface area contributed by atoms with Crippen molar-refractivity contribution < 1.29 is 14.0 Å². The maximum Gasteiger partial charge on any atom is 0.286 e. The van der Waals surface area contributed by atoms with Crippen molar-refractivity contribution in [1.82, 2.24) is 5.32 Å². The highest BCUT2D eigenvalue weighted by Crippen LogP contribution is 2.28. The molecule has 2 amide bonds. The first-order valence-corrected chi connectivity index (χ1v) is 10.0. The molecule has 4 aromatic rings. The summed E-state index contributed by atoms with van der Waals surface area (Å²) in [7, 11) is 0. The lowest BCUT2D eigenvalue weighted by Crippen LogP contribution is -2.25. The average Bonchev–Trinajstić information content (AvgIpc) is 3.23. The number of rotatable bonds is 4. The summed E-state index contributed by atoms with van der Waals surface area (Å²) in [6.07, 6.45) is 1.25. The summed E-state index contributed by atoms with van der Waals surface area (Å²) >= 11 is 1.06. The molecule has 1 saturated heterocycles. The molecule has 0 spiro atoms. The van der Waals surface area contributed by atoms with E-state index in [4.69, 9.17) is 4.42 Å². The molecule has 0 radical (unpaired) electrons. The van der Waals surface area contributed by atoms with Crippen molar-refractivity contribution in [3.8, 4) is 0 Å². The Morgan fingerprint density at radius 1 is 0.929 bits per heavy atom. The number of fused-ring (bicyclic) bond motifs is 2. The Balaban J connectivity index is 1.42. The number of hydrogen-bond acceptors (Lipinski definition) is 4. The van der Waals surface area contributed by atoms with Crippen molar-refractivity contribution in [3.05, 3.63) is 83.6 Å². The van der Waals surface area contributed by atoms with Crippen LogP contribution in [0.1, 0.15) is 16.9 Å². The van der Waals surface area contributed by atoms with E-state index in [0.717, 1.165) is 40.5 Å². The lowest BCUT2D eigenvalue weighted by atomic mass is 10.0. The molecular formula is C23H17NO3S. The van der Waals surface area contributed by atoms with E-state index >= 15 is 0 Å². The summed E-state index contributed by atoms with van der Waals surface area (Å²) in [5.41, 5.74) is 3.08. The van der Waals surface area contributed by atoms with Crippen LogP contribution in [0.4, 0.5) is 4.79 Å². The number of benzene rings is 3. The monoisotopic (exact) mass is 387 g/mol. The Morgan fingerprint density at radius 3 is 2.64 bits per heavy atom. The molecule has 1 N–H and O–H groups in total. The lowest BCUT2D eigenvalue weighted by molar-refractivity contribution is -0.118. The quantitative estimate of drug-likeness (QED) is 0.531. The summed E-state index contributed by atoms with van der Waals surface area (Å²) < 4.78 is 6.05. The second-order valence-electron chi connectivity index (χ2n) is 6.99. The first-order valence-electron chi connectivity index (χ1n) is 9.15. The maximum atomic E-state index is 11.8. The van der Waals surface area contributed by atoms with Gasteiger partial charge in [-0.2, -0.15) is 0 Å². The summed E-state index contributed by atoms with van der Waals surface area (Å²) in [6.45, 7) is 0. The van der Waals surface area contributed by atoms with Crippen molar-refractivity contribution >= 4 is 44.6 Å². The van der Waals surface area contributed by atoms with Gasteiger partial charge in [0.25, 0.3) is 5.24 Å². The van der Waals surface area contributed by atoms with E-state index in [2.05, 4.69) is 47.8 Å². The van der Waals surface area contributed by atoms with E-state index in [1.165, 1.54) is 16.3 Å². The molecule has 4 nitrogen and oxygen atoms in total. The standard InChI is InChI=1S/C23H17NO3S/c25-22-21(28-23(26)24-22)11-14-8-9-20-17(10-14)13-18(27-20)12-16-6-3-5-15-4-1-2-7-19(15)16/h1-10,13,21H,11-12H2,(H,24,25,26). The average molecular weight is 387 g/mol. The minimum Gasteiger partial charge on any atom is -0.461 e. The molecule has 1 atom stereocenters. The number of hydrogen-bond donors (Lipinski definition) is 1. The molecule has 1 aromatic heterocycles. The molecule has 5 heteroatoms. The van der Waals surface area contributed by atoms with Gasteiger partial charge in [-0.25, -0.2) is 0 Å². The molecule has 1 aliphatic rings. The van der Waals surface area contributed by atoms with E-state index in [9.17, 15) is 9.59 Å². The van der Waals surface area contributed by atoms with Gasteiger partial charge < -0.3 is 4.42 Å². The van der Waals surface area contributed by atoms with Crippen molar-refractivity contribution in [2.45, 2.75) is 18.1 Å². The van der Waals surface area contributed by atoms with E-state index in [1.54, 1.807) is 0 Å². The maximum absolute atomic E-state index is 11.8. The second kappa shape index (κ2) is 6.84. The van der Waals surface area contributed by atoms with Gasteiger partial charge in [0.15, 0.2) is 0 Å². The Bertz CT molecular complexity index is 1220. The summed E-state index contributed by atoms with van der Waals surface area (Å²) in [5.74, 6) is 0.700. The van der Waals surface area contributed by atoms with Gasteiger partial charge in [0.1, 0.15) is 11.3 Å². The van der Waals surface area contributed by atoms with Crippen LogP contribution in [0.5, 0.6) is 0 Å². The highest BCUT2D eigenvalue weighted by Gasteiger charge is 2.31. The van der Waals surface area contributed by atoms with E-state index < -0.39 is 0 Å². The molecule has 1 fully saturated rings. The number of carbonyl (C=O) groups excluding carboxylic acids is 2. The van der Waals surface area contributed by atoms with Crippen molar-refractivity contribution in [2.24, 2.45) is 0 Å². The van der Waals surface area contributed by atoms with E-state index in [-0.39, 0.29) is 16.4 Å². The van der Waals surface area contributed by atoms with E-state index in [1.807, 2.05) is 24.3 Å². The second-order valence-corrected chi connectivity index (χ2v) is 8.16. The van der Waals surface area contributed by atoms with Gasteiger partial charge in [-0.05, 0) is 46.5 Å². The van der Waals surface area contributed by atoms with Crippen molar-refractivity contribution in [2.75, 3.05) is 0 Å². The zero-order valence-electron chi connectivity index (χ0n) is 15.0. The van der Waals surface area contributed by atoms with Crippen LogP contribution in [0.25, 0.3) is 21.7 Å². The summed E-state index contributed by atoms with van der Waals surface area (Å²) in [4.78, 5) is 23.1. The molecule has 2 heterocycles. The molecule has 0 bridgehead atoms. The van der Waals surface area contributed by atoms with Crippen LogP contribution < -0.4 is 5.32 Å². The molecular weight excluding hydrogens is 370 g/mol. The first kappa shape index (κ1) is 17.1. The van der Waals surface area contributed by atoms with Gasteiger partial charge in [-0.3, -0.25) is 14.9 Å². The largest absolute Gasteiger partial charge is 0.461 e.